The molecular formula is C23H23N3O2S. The van der Waals surface area contributed by atoms with Crippen LogP contribution in [-0.2, 0) is 9.59 Å². The summed E-state index contributed by atoms with van der Waals surface area (Å²) in [6.45, 7) is 3.94. The molecule has 0 bridgehead atoms. The molecule has 0 aliphatic carbocycles. The summed E-state index contributed by atoms with van der Waals surface area (Å²) in [4.78, 5) is 33.3. The van der Waals surface area contributed by atoms with Crippen LogP contribution in [0.1, 0.15) is 34.9 Å². The fourth-order valence-electron chi connectivity index (χ4n) is 3.79. The smallest absolute Gasteiger partial charge is 0.231 e. The molecule has 3 aromatic rings. The highest BCUT2D eigenvalue weighted by Gasteiger charge is 2.42. The Labute approximate surface area is 174 Å². The van der Waals surface area contributed by atoms with Crippen LogP contribution in [0.4, 0.5) is 11.5 Å². The fourth-order valence-corrected chi connectivity index (χ4v) is 4.67. The van der Waals surface area contributed by atoms with E-state index in [0.29, 0.717) is 18.7 Å². The topological polar surface area (TPSA) is 62.3 Å². The number of hydrogen-bond donors (Lipinski definition) is 1. The van der Waals surface area contributed by atoms with Crippen LogP contribution in [0.5, 0.6) is 0 Å². The van der Waals surface area contributed by atoms with Crippen molar-refractivity contribution in [3.8, 4) is 0 Å². The molecule has 1 saturated heterocycles. The third-order valence-corrected chi connectivity index (χ3v) is 6.27. The van der Waals surface area contributed by atoms with E-state index in [4.69, 9.17) is 0 Å². The van der Waals surface area contributed by atoms with E-state index in [0.717, 1.165) is 21.7 Å². The zero-order chi connectivity index (χ0) is 20.4. The van der Waals surface area contributed by atoms with Crippen molar-refractivity contribution in [1.82, 2.24) is 4.98 Å². The van der Waals surface area contributed by atoms with Gasteiger partial charge in [0.15, 0.2) is 0 Å². The first kappa shape index (κ1) is 19.3. The number of aryl methyl sites for hydroxylation is 2. The zero-order valence-corrected chi connectivity index (χ0v) is 17.3. The molecule has 5 nitrogen and oxygen atoms in total. The van der Waals surface area contributed by atoms with Gasteiger partial charge in [-0.3, -0.25) is 9.59 Å². The van der Waals surface area contributed by atoms with E-state index in [2.05, 4.69) is 10.3 Å². The summed E-state index contributed by atoms with van der Waals surface area (Å²) in [6.07, 6.45) is 2.53. The molecule has 0 radical (unpaired) electrons. The van der Waals surface area contributed by atoms with Gasteiger partial charge in [-0.05, 0) is 55.5 Å². The van der Waals surface area contributed by atoms with Crippen LogP contribution >= 0.6 is 11.3 Å². The van der Waals surface area contributed by atoms with Crippen LogP contribution < -0.4 is 10.2 Å². The minimum absolute atomic E-state index is 0.0466. The van der Waals surface area contributed by atoms with Crippen molar-refractivity contribution in [2.75, 3.05) is 10.2 Å². The van der Waals surface area contributed by atoms with Crippen LogP contribution in [0.2, 0.25) is 0 Å². The third-order valence-electron chi connectivity index (χ3n) is 5.33. The van der Waals surface area contributed by atoms with Crippen LogP contribution in [0.15, 0.2) is 60.1 Å². The summed E-state index contributed by atoms with van der Waals surface area (Å²) >= 11 is 1.57. The highest BCUT2D eigenvalue weighted by molar-refractivity contribution is 7.10. The Morgan fingerprint density at radius 1 is 1.14 bits per heavy atom. The molecule has 6 heteroatoms. The third kappa shape index (κ3) is 3.93. The number of rotatable bonds is 4. The number of amides is 2. The lowest BCUT2D eigenvalue weighted by atomic mass is 9.86. The number of carbonyl (C=O) groups excluding carboxylic acids is 2. The molecule has 0 spiro atoms. The lowest BCUT2D eigenvalue weighted by Crippen LogP contribution is -2.46. The van der Waals surface area contributed by atoms with Crippen LogP contribution in [0.3, 0.4) is 0 Å². The number of nitrogens with zero attached hydrogens (tertiary/aromatic N) is 2. The number of benzene rings is 1. The number of aromatic nitrogens is 1. The van der Waals surface area contributed by atoms with Gasteiger partial charge < -0.3 is 10.2 Å². The lowest BCUT2D eigenvalue weighted by Gasteiger charge is -2.40. The van der Waals surface area contributed by atoms with Gasteiger partial charge >= 0.3 is 0 Å². The number of carbonyl (C=O) groups is 2. The molecule has 1 aromatic carbocycles. The van der Waals surface area contributed by atoms with Gasteiger partial charge in [-0.2, -0.15) is 0 Å². The number of thiophene rings is 1. The maximum atomic E-state index is 13.3. The van der Waals surface area contributed by atoms with Crippen LogP contribution in [-0.4, -0.2) is 16.8 Å². The summed E-state index contributed by atoms with van der Waals surface area (Å²) in [6, 6.07) is 15.3. The minimum atomic E-state index is -0.353. The molecule has 4 rings (SSSR count). The van der Waals surface area contributed by atoms with Gasteiger partial charge in [0.1, 0.15) is 5.82 Å². The number of hydrogen-bond acceptors (Lipinski definition) is 4. The van der Waals surface area contributed by atoms with E-state index in [9.17, 15) is 9.59 Å². The highest BCUT2D eigenvalue weighted by atomic mass is 32.1. The number of anilines is 2. The van der Waals surface area contributed by atoms with Crippen LogP contribution in [0, 0.1) is 19.8 Å². The normalized spacial score (nSPS) is 19.2. The van der Waals surface area contributed by atoms with Crippen molar-refractivity contribution in [1.29, 1.82) is 0 Å². The van der Waals surface area contributed by atoms with Gasteiger partial charge in [-0.15, -0.1) is 11.3 Å². The largest absolute Gasteiger partial charge is 0.310 e. The first-order valence-corrected chi connectivity index (χ1v) is 10.6. The predicted molar refractivity (Wildman–Crippen MR) is 116 cm³/mol. The van der Waals surface area contributed by atoms with Crippen molar-refractivity contribution >= 4 is 34.7 Å². The van der Waals surface area contributed by atoms with Gasteiger partial charge in [0.05, 0.1) is 12.0 Å². The Morgan fingerprint density at radius 3 is 2.62 bits per heavy atom. The summed E-state index contributed by atoms with van der Waals surface area (Å²) in [5, 5.41) is 4.97. The maximum Gasteiger partial charge on any atom is 0.231 e. The highest BCUT2D eigenvalue weighted by Crippen LogP contribution is 2.42. The molecule has 3 heterocycles. The van der Waals surface area contributed by atoms with E-state index in [1.165, 1.54) is 0 Å². The van der Waals surface area contributed by atoms with Gasteiger partial charge in [0.2, 0.25) is 11.8 Å². The van der Waals surface area contributed by atoms with Gasteiger partial charge in [0.25, 0.3) is 0 Å². The fraction of sp³-hybridized carbons (Fsp3) is 0.261. The summed E-state index contributed by atoms with van der Waals surface area (Å²) in [5.74, 6) is 0.162. The van der Waals surface area contributed by atoms with Crippen molar-refractivity contribution in [2.45, 2.75) is 32.7 Å². The van der Waals surface area contributed by atoms with E-state index >= 15 is 0 Å². The molecule has 0 saturated carbocycles. The van der Waals surface area contributed by atoms with E-state index in [1.54, 1.807) is 22.4 Å². The Kier molecular flexibility index (Phi) is 5.45. The SMILES string of the molecule is Cc1ccc(N2C(=O)CC[C@H](C(=O)Nc3ncccc3C)[C@H]2c2cccs2)cc1. The Morgan fingerprint density at radius 2 is 1.93 bits per heavy atom. The van der Waals surface area contributed by atoms with Crippen molar-refractivity contribution in [3.05, 3.63) is 76.1 Å². The van der Waals surface area contributed by atoms with Gasteiger partial charge in [-0.25, -0.2) is 4.98 Å². The zero-order valence-electron chi connectivity index (χ0n) is 16.5. The molecule has 1 fully saturated rings. The predicted octanol–water partition coefficient (Wildman–Crippen LogP) is 4.88. The molecular weight excluding hydrogens is 382 g/mol. The number of nitrogens with one attached hydrogen (secondary N) is 1. The number of pyridine rings is 1. The standard InChI is InChI=1S/C23H23N3O2S/c1-15-7-9-17(10-8-15)26-20(27)12-11-18(21(26)19-6-4-14-29-19)23(28)25-22-16(2)5-3-13-24-22/h3-10,13-14,18,21H,11-12H2,1-2H3,(H,24,25,28)/t18-,21-/m0/s1. The summed E-state index contributed by atoms with van der Waals surface area (Å²) in [5.41, 5.74) is 2.87. The molecule has 2 amide bonds. The minimum Gasteiger partial charge on any atom is -0.310 e. The van der Waals surface area contributed by atoms with Gasteiger partial charge in [-0.1, -0.05) is 29.8 Å². The molecule has 148 valence electrons. The first-order chi connectivity index (χ1) is 14.0. The van der Waals surface area contributed by atoms with Crippen molar-refractivity contribution in [3.63, 3.8) is 0 Å². The van der Waals surface area contributed by atoms with E-state index in [-0.39, 0.29) is 23.8 Å². The second kappa shape index (κ2) is 8.17. The molecule has 1 N–H and O–H groups in total. The molecule has 29 heavy (non-hydrogen) atoms. The molecule has 2 aromatic heterocycles. The summed E-state index contributed by atoms with van der Waals surface area (Å²) in [7, 11) is 0. The number of piperidine rings is 1. The summed E-state index contributed by atoms with van der Waals surface area (Å²) < 4.78 is 0. The lowest BCUT2D eigenvalue weighted by molar-refractivity contribution is -0.125. The molecule has 1 aliphatic rings. The maximum absolute atomic E-state index is 13.3. The molecule has 2 atom stereocenters. The first-order valence-electron chi connectivity index (χ1n) is 9.69. The quantitative estimate of drug-likeness (QED) is 0.673. The Hall–Kier alpha value is -2.99. The van der Waals surface area contributed by atoms with Crippen LogP contribution in [0.25, 0.3) is 0 Å². The molecule has 1 aliphatic heterocycles. The second-order valence-corrected chi connectivity index (χ2v) is 8.34. The Bertz CT molecular complexity index is 1010. The Balaban J connectivity index is 1.71. The second-order valence-electron chi connectivity index (χ2n) is 7.36. The van der Waals surface area contributed by atoms with Gasteiger partial charge in [0, 0.05) is 23.2 Å². The molecule has 0 unspecified atom stereocenters. The van der Waals surface area contributed by atoms with E-state index in [1.807, 2.05) is 67.8 Å². The van der Waals surface area contributed by atoms with E-state index < -0.39 is 0 Å². The average molecular weight is 406 g/mol. The van der Waals surface area contributed by atoms with Crippen molar-refractivity contribution < 1.29 is 9.59 Å². The van der Waals surface area contributed by atoms with Crippen molar-refractivity contribution in [2.24, 2.45) is 5.92 Å². The average Bonchev–Trinajstić information content (AvgIpc) is 3.25. The monoisotopic (exact) mass is 405 g/mol.